The topological polar surface area (TPSA) is 66.4 Å². The minimum Gasteiger partial charge on any atom is -0.396 e. The third kappa shape index (κ3) is 4.60. The number of aryl methyl sites for hydroxylation is 1. The first kappa shape index (κ1) is 16.1. The lowest BCUT2D eigenvalue weighted by Crippen LogP contribution is -2.38. The van der Waals surface area contributed by atoms with Crippen molar-refractivity contribution in [2.75, 3.05) is 6.61 Å². The standard InChI is InChI=1S/C14H23NO3S/c1-4-5-13-6-8-14(9-7-13)19(17,18)15-12(3)11(2)10-16/h6-9,11-12,15-16H,4-5,10H2,1-3H3. The maximum atomic E-state index is 12.1. The van der Waals surface area contributed by atoms with E-state index >= 15 is 0 Å². The first-order valence-electron chi connectivity index (χ1n) is 6.62. The van der Waals surface area contributed by atoms with E-state index < -0.39 is 10.0 Å². The molecule has 0 fully saturated rings. The normalized spacial score (nSPS) is 15.2. The van der Waals surface area contributed by atoms with E-state index in [-0.39, 0.29) is 23.5 Å². The van der Waals surface area contributed by atoms with Crippen molar-refractivity contribution in [2.45, 2.75) is 44.6 Å². The van der Waals surface area contributed by atoms with Gasteiger partial charge in [0.05, 0.1) is 4.90 Å². The molecule has 0 aliphatic heterocycles. The molecule has 2 atom stereocenters. The van der Waals surface area contributed by atoms with E-state index in [1.54, 1.807) is 26.0 Å². The number of nitrogens with one attached hydrogen (secondary N) is 1. The molecule has 5 heteroatoms. The number of hydrogen-bond acceptors (Lipinski definition) is 3. The van der Waals surface area contributed by atoms with Crippen molar-refractivity contribution in [3.8, 4) is 0 Å². The molecule has 4 nitrogen and oxygen atoms in total. The number of rotatable bonds is 7. The van der Waals surface area contributed by atoms with Gasteiger partial charge in [0.2, 0.25) is 10.0 Å². The van der Waals surface area contributed by atoms with Crippen LogP contribution < -0.4 is 4.72 Å². The van der Waals surface area contributed by atoms with Crippen LogP contribution >= 0.6 is 0 Å². The summed E-state index contributed by atoms with van der Waals surface area (Å²) in [5.41, 5.74) is 1.14. The SMILES string of the molecule is CCCc1ccc(S(=O)(=O)NC(C)C(C)CO)cc1. The van der Waals surface area contributed by atoms with Crippen LogP contribution in [0, 0.1) is 5.92 Å². The first-order chi connectivity index (χ1) is 8.90. The predicted octanol–water partition coefficient (Wildman–Crippen LogP) is 1.93. The monoisotopic (exact) mass is 285 g/mol. The largest absolute Gasteiger partial charge is 0.396 e. The molecule has 0 aliphatic rings. The summed E-state index contributed by atoms with van der Waals surface area (Å²) < 4.78 is 26.9. The van der Waals surface area contributed by atoms with Crippen molar-refractivity contribution < 1.29 is 13.5 Å². The van der Waals surface area contributed by atoms with Crippen LogP contribution in [0.4, 0.5) is 0 Å². The number of benzene rings is 1. The first-order valence-corrected chi connectivity index (χ1v) is 8.11. The average molecular weight is 285 g/mol. The molecule has 108 valence electrons. The van der Waals surface area contributed by atoms with Gasteiger partial charge in [-0.05, 0) is 37.0 Å². The van der Waals surface area contributed by atoms with Crippen LogP contribution in [-0.4, -0.2) is 26.2 Å². The second kappa shape index (κ2) is 7.03. The lowest BCUT2D eigenvalue weighted by atomic mass is 10.1. The van der Waals surface area contributed by atoms with Gasteiger partial charge in [-0.2, -0.15) is 0 Å². The Balaban J connectivity index is 2.82. The molecule has 0 heterocycles. The third-order valence-corrected chi connectivity index (χ3v) is 4.83. The molecule has 0 radical (unpaired) electrons. The second-order valence-electron chi connectivity index (χ2n) is 4.96. The zero-order valence-corrected chi connectivity index (χ0v) is 12.6. The molecule has 1 rings (SSSR count). The molecule has 0 saturated heterocycles. The van der Waals surface area contributed by atoms with Crippen LogP contribution in [0.5, 0.6) is 0 Å². The van der Waals surface area contributed by atoms with Crippen molar-refractivity contribution in [3.63, 3.8) is 0 Å². The molecule has 19 heavy (non-hydrogen) atoms. The van der Waals surface area contributed by atoms with Crippen molar-refractivity contribution in [2.24, 2.45) is 5.92 Å². The molecule has 1 aromatic rings. The van der Waals surface area contributed by atoms with Gasteiger partial charge in [-0.15, -0.1) is 0 Å². The number of sulfonamides is 1. The number of aliphatic hydroxyl groups is 1. The quantitative estimate of drug-likeness (QED) is 0.804. The minimum absolute atomic E-state index is 0.0425. The van der Waals surface area contributed by atoms with E-state index in [1.807, 2.05) is 12.1 Å². The van der Waals surface area contributed by atoms with Gasteiger partial charge in [-0.1, -0.05) is 32.4 Å². The number of aliphatic hydroxyl groups excluding tert-OH is 1. The molecule has 0 bridgehead atoms. The molecule has 0 amide bonds. The van der Waals surface area contributed by atoms with Gasteiger partial charge in [0.1, 0.15) is 0 Å². The van der Waals surface area contributed by atoms with Crippen LogP contribution in [-0.2, 0) is 16.4 Å². The Morgan fingerprint density at radius 3 is 2.26 bits per heavy atom. The highest BCUT2D eigenvalue weighted by Crippen LogP contribution is 2.13. The van der Waals surface area contributed by atoms with E-state index in [0.717, 1.165) is 18.4 Å². The summed E-state index contributed by atoms with van der Waals surface area (Å²) in [6, 6.07) is 6.65. The predicted molar refractivity (Wildman–Crippen MR) is 76.5 cm³/mol. The van der Waals surface area contributed by atoms with Crippen molar-refractivity contribution in [1.29, 1.82) is 0 Å². The van der Waals surface area contributed by atoms with Crippen LogP contribution in [0.3, 0.4) is 0 Å². The second-order valence-corrected chi connectivity index (χ2v) is 6.68. The van der Waals surface area contributed by atoms with Crippen molar-refractivity contribution >= 4 is 10.0 Å². The highest BCUT2D eigenvalue weighted by molar-refractivity contribution is 7.89. The van der Waals surface area contributed by atoms with Gasteiger partial charge in [0.25, 0.3) is 0 Å². The van der Waals surface area contributed by atoms with Gasteiger partial charge in [-0.3, -0.25) is 0 Å². The maximum absolute atomic E-state index is 12.1. The fourth-order valence-electron chi connectivity index (χ4n) is 1.71. The van der Waals surface area contributed by atoms with Crippen LogP contribution in [0.25, 0.3) is 0 Å². The van der Waals surface area contributed by atoms with Gasteiger partial charge in [0, 0.05) is 12.6 Å². The van der Waals surface area contributed by atoms with Crippen LogP contribution in [0.15, 0.2) is 29.2 Å². The molecule has 1 aromatic carbocycles. The smallest absolute Gasteiger partial charge is 0.240 e. The Kier molecular flexibility index (Phi) is 5.97. The summed E-state index contributed by atoms with van der Waals surface area (Å²) in [6.45, 7) is 5.60. The summed E-state index contributed by atoms with van der Waals surface area (Å²) in [6.07, 6.45) is 1.99. The number of hydrogen-bond donors (Lipinski definition) is 2. The van der Waals surface area contributed by atoms with Gasteiger partial charge < -0.3 is 5.11 Å². The highest BCUT2D eigenvalue weighted by Gasteiger charge is 2.20. The Morgan fingerprint density at radius 1 is 1.21 bits per heavy atom. The molecule has 0 aromatic heterocycles. The Morgan fingerprint density at radius 2 is 1.79 bits per heavy atom. The van der Waals surface area contributed by atoms with Crippen LogP contribution in [0.1, 0.15) is 32.8 Å². The van der Waals surface area contributed by atoms with Crippen molar-refractivity contribution in [3.05, 3.63) is 29.8 Å². The lowest BCUT2D eigenvalue weighted by Gasteiger charge is -2.19. The lowest BCUT2D eigenvalue weighted by molar-refractivity contribution is 0.216. The average Bonchev–Trinajstić information content (AvgIpc) is 2.38. The summed E-state index contributed by atoms with van der Waals surface area (Å²) in [5.74, 6) is -0.117. The fraction of sp³-hybridized carbons (Fsp3) is 0.571. The molecule has 2 N–H and O–H groups in total. The minimum atomic E-state index is -3.51. The van der Waals surface area contributed by atoms with Crippen molar-refractivity contribution in [1.82, 2.24) is 4.72 Å². The van der Waals surface area contributed by atoms with Crippen LogP contribution in [0.2, 0.25) is 0 Å². The zero-order chi connectivity index (χ0) is 14.5. The van der Waals surface area contributed by atoms with E-state index in [0.29, 0.717) is 0 Å². The fourth-order valence-corrected chi connectivity index (χ4v) is 3.06. The van der Waals surface area contributed by atoms with E-state index in [2.05, 4.69) is 11.6 Å². The molecule has 0 spiro atoms. The van der Waals surface area contributed by atoms with E-state index in [9.17, 15) is 8.42 Å². The Labute approximate surface area is 115 Å². The zero-order valence-electron chi connectivity index (χ0n) is 11.8. The third-order valence-electron chi connectivity index (χ3n) is 3.25. The highest BCUT2D eigenvalue weighted by atomic mass is 32.2. The van der Waals surface area contributed by atoms with E-state index in [4.69, 9.17) is 5.11 Å². The summed E-state index contributed by atoms with van der Waals surface area (Å²) in [7, 11) is -3.51. The summed E-state index contributed by atoms with van der Waals surface area (Å²) >= 11 is 0. The maximum Gasteiger partial charge on any atom is 0.240 e. The summed E-state index contributed by atoms with van der Waals surface area (Å²) in [5, 5.41) is 9.03. The van der Waals surface area contributed by atoms with Gasteiger partial charge in [-0.25, -0.2) is 13.1 Å². The molecule has 0 saturated carbocycles. The van der Waals surface area contributed by atoms with Gasteiger partial charge >= 0.3 is 0 Å². The molecule has 2 unspecified atom stereocenters. The van der Waals surface area contributed by atoms with E-state index in [1.165, 1.54) is 0 Å². The molecular formula is C14H23NO3S. The van der Waals surface area contributed by atoms with Gasteiger partial charge in [0.15, 0.2) is 0 Å². The summed E-state index contributed by atoms with van der Waals surface area (Å²) in [4.78, 5) is 0.268. The molecular weight excluding hydrogens is 262 g/mol. The Bertz CT molecular complexity index is 482. The molecule has 0 aliphatic carbocycles. The Hall–Kier alpha value is -0.910.